The summed E-state index contributed by atoms with van der Waals surface area (Å²) < 4.78 is 41.2. The molecule has 0 aromatic rings. The van der Waals surface area contributed by atoms with Crippen LogP contribution in [0.3, 0.4) is 0 Å². The van der Waals surface area contributed by atoms with Gasteiger partial charge in [-0.15, -0.1) is 0 Å². The molecule has 0 saturated carbocycles. The Morgan fingerprint density at radius 1 is 0.536 bits per heavy atom. The Kier molecular flexibility index (Phi) is 28.5. The summed E-state index contributed by atoms with van der Waals surface area (Å²) in [6, 6.07) is 0. The van der Waals surface area contributed by atoms with Crippen molar-refractivity contribution in [2.45, 2.75) is 39.4 Å². The van der Waals surface area contributed by atoms with Crippen LogP contribution in [0.2, 0.25) is 0 Å². The molecule has 0 amide bonds. The Balaban J connectivity index is 0. The molecule has 8 heteroatoms. The van der Waals surface area contributed by atoms with E-state index in [9.17, 15) is 0 Å². The van der Waals surface area contributed by atoms with Crippen LogP contribution in [0.5, 0.6) is 0 Å². The SMILES string of the molecule is CCOCC(C)OCCOCCOC.COCCOCCCOC(C)COC. The van der Waals surface area contributed by atoms with Gasteiger partial charge in [-0.3, -0.25) is 0 Å². The fraction of sp³-hybridized carbons (Fsp3) is 1.00. The number of hydrogen-bond donors (Lipinski definition) is 0. The van der Waals surface area contributed by atoms with Gasteiger partial charge in [0.25, 0.3) is 0 Å². The van der Waals surface area contributed by atoms with Crippen molar-refractivity contribution < 1.29 is 37.9 Å². The zero-order chi connectivity index (χ0) is 21.3. The van der Waals surface area contributed by atoms with Crippen LogP contribution in [0.1, 0.15) is 27.2 Å². The van der Waals surface area contributed by atoms with Crippen molar-refractivity contribution in [2.75, 3.05) is 94.0 Å². The van der Waals surface area contributed by atoms with Gasteiger partial charge in [0.2, 0.25) is 0 Å². The normalized spacial score (nSPS) is 13.1. The summed E-state index contributed by atoms with van der Waals surface area (Å²) in [5, 5.41) is 0. The Hall–Kier alpha value is -0.320. The molecule has 0 radical (unpaired) electrons. The van der Waals surface area contributed by atoms with Gasteiger partial charge in [0.05, 0.1) is 65.1 Å². The number of rotatable bonds is 20. The molecule has 172 valence electrons. The van der Waals surface area contributed by atoms with E-state index in [0.29, 0.717) is 52.9 Å². The van der Waals surface area contributed by atoms with Gasteiger partial charge in [-0.1, -0.05) is 0 Å². The van der Waals surface area contributed by atoms with Gasteiger partial charge in [0.15, 0.2) is 0 Å². The quantitative estimate of drug-likeness (QED) is 0.282. The molecule has 0 rings (SSSR count). The van der Waals surface area contributed by atoms with E-state index in [4.69, 9.17) is 37.9 Å². The topological polar surface area (TPSA) is 73.8 Å². The second-order valence-corrected chi connectivity index (χ2v) is 6.04. The maximum Gasteiger partial charge on any atom is 0.0781 e. The van der Waals surface area contributed by atoms with E-state index in [-0.39, 0.29) is 12.2 Å². The number of ether oxygens (including phenoxy) is 8. The highest BCUT2D eigenvalue weighted by atomic mass is 16.6. The van der Waals surface area contributed by atoms with Crippen molar-refractivity contribution >= 4 is 0 Å². The van der Waals surface area contributed by atoms with Crippen LogP contribution < -0.4 is 0 Å². The first kappa shape index (κ1) is 29.9. The van der Waals surface area contributed by atoms with Crippen LogP contribution >= 0.6 is 0 Å². The van der Waals surface area contributed by atoms with Gasteiger partial charge in [0.1, 0.15) is 0 Å². The van der Waals surface area contributed by atoms with Crippen LogP contribution in [0.15, 0.2) is 0 Å². The Morgan fingerprint density at radius 2 is 1.07 bits per heavy atom. The van der Waals surface area contributed by atoms with E-state index in [1.807, 2.05) is 20.8 Å². The van der Waals surface area contributed by atoms with Gasteiger partial charge in [0, 0.05) is 41.2 Å². The first-order valence-electron chi connectivity index (χ1n) is 10.0. The maximum absolute atomic E-state index is 5.45. The van der Waals surface area contributed by atoms with E-state index >= 15 is 0 Å². The molecule has 0 bridgehead atoms. The number of hydrogen-bond acceptors (Lipinski definition) is 8. The first-order valence-corrected chi connectivity index (χ1v) is 10.0. The summed E-state index contributed by atoms with van der Waals surface area (Å²) in [6.07, 6.45) is 1.22. The summed E-state index contributed by atoms with van der Waals surface area (Å²) in [6.45, 7) is 13.2. The molecule has 0 aromatic heterocycles. The highest BCUT2D eigenvalue weighted by Gasteiger charge is 2.01. The summed E-state index contributed by atoms with van der Waals surface area (Å²) >= 11 is 0. The molecule has 0 aliphatic rings. The average Bonchev–Trinajstić information content (AvgIpc) is 2.69. The third-order valence-corrected chi connectivity index (χ3v) is 3.29. The molecule has 0 aromatic carbocycles. The molecule has 0 spiro atoms. The fourth-order valence-electron chi connectivity index (χ4n) is 1.86. The lowest BCUT2D eigenvalue weighted by Crippen LogP contribution is -2.19. The second kappa shape index (κ2) is 26.7. The minimum Gasteiger partial charge on any atom is -0.382 e. The van der Waals surface area contributed by atoms with Crippen LogP contribution in [-0.4, -0.2) is 106 Å². The third kappa shape index (κ3) is 27.9. The molecule has 0 saturated heterocycles. The Morgan fingerprint density at radius 3 is 1.64 bits per heavy atom. The molecule has 0 aliphatic carbocycles. The van der Waals surface area contributed by atoms with E-state index in [1.54, 1.807) is 21.3 Å². The molecule has 0 heterocycles. The molecule has 28 heavy (non-hydrogen) atoms. The number of methoxy groups -OCH3 is 3. The van der Waals surface area contributed by atoms with E-state index in [2.05, 4.69) is 0 Å². The highest BCUT2D eigenvalue weighted by Crippen LogP contribution is 1.94. The van der Waals surface area contributed by atoms with E-state index < -0.39 is 0 Å². The van der Waals surface area contributed by atoms with Crippen molar-refractivity contribution in [1.82, 2.24) is 0 Å². The van der Waals surface area contributed by atoms with Gasteiger partial charge in [-0.25, -0.2) is 0 Å². The van der Waals surface area contributed by atoms with Crippen molar-refractivity contribution in [2.24, 2.45) is 0 Å². The van der Waals surface area contributed by atoms with Crippen molar-refractivity contribution in [3.63, 3.8) is 0 Å². The predicted octanol–water partition coefficient (Wildman–Crippen LogP) is 2.18. The van der Waals surface area contributed by atoms with Crippen LogP contribution in [0, 0.1) is 0 Å². The average molecular weight is 413 g/mol. The lowest BCUT2D eigenvalue weighted by Gasteiger charge is -2.12. The Labute approximate surface area is 172 Å². The second-order valence-electron chi connectivity index (χ2n) is 6.04. The molecular formula is C20H44O8. The van der Waals surface area contributed by atoms with Crippen LogP contribution in [0.4, 0.5) is 0 Å². The van der Waals surface area contributed by atoms with E-state index in [0.717, 1.165) is 26.2 Å². The van der Waals surface area contributed by atoms with Crippen molar-refractivity contribution in [3.8, 4) is 0 Å². The van der Waals surface area contributed by atoms with Gasteiger partial charge >= 0.3 is 0 Å². The molecule has 8 nitrogen and oxygen atoms in total. The molecule has 0 aliphatic heterocycles. The molecule has 0 N–H and O–H groups in total. The largest absolute Gasteiger partial charge is 0.382 e. The lowest BCUT2D eigenvalue weighted by atomic mass is 10.4. The minimum absolute atomic E-state index is 0.140. The third-order valence-electron chi connectivity index (χ3n) is 3.29. The lowest BCUT2D eigenvalue weighted by molar-refractivity contribution is -0.0326. The molecule has 2 atom stereocenters. The fourth-order valence-corrected chi connectivity index (χ4v) is 1.86. The zero-order valence-corrected chi connectivity index (χ0v) is 18.9. The van der Waals surface area contributed by atoms with Crippen LogP contribution in [-0.2, 0) is 37.9 Å². The maximum atomic E-state index is 5.45. The highest BCUT2D eigenvalue weighted by molar-refractivity contribution is 4.47. The van der Waals surface area contributed by atoms with Gasteiger partial charge in [-0.2, -0.15) is 0 Å². The smallest absolute Gasteiger partial charge is 0.0781 e. The Bertz CT molecular complexity index is 269. The summed E-state index contributed by atoms with van der Waals surface area (Å²) in [5.41, 5.74) is 0. The molecular weight excluding hydrogens is 368 g/mol. The van der Waals surface area contributed by atoms with Crippen LogP contribution in [0.25, 0.3) is 0 Å². The summed E-state index contributed by atoms with van der Waals surface area (Å²) in [5.74, 6) is 0. The monoisotopic (exact) mass is 412 g/mol. The standard InChI is InChI=1S/2C10H22O4/c1-10(9-12-3)14-6-4-5-13-8-7-11-2;1-4-12-9-10(2)14-8-7-13-6-5-11-3/h2*10H,4-9H2,1-3H3. The first-order chi connectivity index (χ1) is 13.6. The van der Waals surface area contributed by atoms with Gasteiger partial charge < -0.3 is 37.9 Å². The predicted molar refractivity (Wildman–Crippen MR) is 109 cm³/mol. The minimum atomic E-state index is 0.140. The van der Waals surface area contributed by atoms with Crippen molar-refractivity contribution in [1.29, 1.82) is 0 Å². The zero-order valence-electron chi connectivity index (χ0n) is 18.9. The molecule has 0 fully saturated rings. The molecule has 2 unspecified atom stereocenters. The summed E-state index contributed by atoms with van der Waals surface area (Å²) in [7, 11) is 5.00. The van der Waals surface area contributed by atoms with E-state index in [1.165, 1.54) is 0 Å². The summed E-state index contributed by atoms with van der Waals surface area (Å²) in [4.78, 5) is 0. The van der Waals surface area contributed by atoms with Crippen molar-refractivity contribution in [3.05, 3.63) is 0 Å². The van der Waals surface area contributed by atoms with Gasteiger partial charge in [-0.05, 0) is 27.2 Å².